The molecule has 1 aromatic rings. The SMILES string of the molecule is CCNC(=NCC1(c2cccc(C(F)(F)F)c2)CCCCC1)NC1CCS(=O)(=O)C1. The van der Waals surface area contributed by atoms with E-state index in [1.54, 1.807) is 6.07 Å². The molecule has 0 bridgehead atoms. The Bertz CT molecular complexity index is 862. The molecule has 0 spiro atoms. The van der Waals surface area contributed by atoms with Crippen LogP contribution in [0.2, 0.25) is 0 Å². The molecule has 3 rings (SSSR count). The van der Waals surface area contributed by atoms with E-state index in [0.717, 1.165) is 38.2 Å². The lowest BCUT2D eigenvalue weighted by atomic mass is 9.69. The van der Waals surface area contributed by atoms with E-state index < -0.39 is 27.0 Å². The number of sulfone groups is 1. The van der Waals surface area contributed by atoms with Crippen LogP contribution in [0.4, 0.5) is 13.2 Å². The van der Waals surface area contributed by atoms with E-state index in [-0.39, 0.29) is 17.5 Å². The van der Waals surface area contributed by atoms with Crippen LogP contribution < -0.4 is 10.6 Å². The van der Waals surface area contributed by atoms with Crippen LogP contribution in [0.15, 0.2) is 29.3 Å². The van der Waals surface area contributed by atoms with Gasteiger partial charge >= 0.3 is 6.18 Å². The molecular formula is C21H30F3N3O2S. The molecule has 0 aromatic heterocycles. The number of nitrogens with one attached hydrogen (secondary N) is 2. The van der Waals surface area contributed by atoms with Crippen molar-refractivity contribution >= 4 is 15.8 Å². The van der Waals surface area contributed by atoms with Gasteiger partial charge in [-0.2, -0.15) is 13.2 Å². The summed E-state index contributed by atoms with van der Waals surface area (Å²) in [7, 11) is -3.02. The molecule has 2 aliphatic rings. The van der Waals surface area contributed by atoms with Gasteiger partial charge in [0.15, 0.2) is 15.8 Å². The van der Waals surface area contributed by atoms with Crippen LogP contribution in [0.3, 0.4) is 0 Å². The quantitative estimate of drug-likeness (QED) is 0.536. The molecule has 1 aromatic carbocycles. The van der Waals surface area contributed by atoms with Crippen molar-refractivity contribution in [1.29, 1.82) is 0 Å². The van der Waals surface area contributed by atoms with Gasteiger partial charge in [0.05, 0.1) is 23.6 Å². The molecule has 1 saturated heterocycles. The monoisotopic (exact) mass is 445 g/mol. The van der Waals surface area contributed by atoms with Crippen molar-refractivity contribution in [3.63, 3.8) is 0 Å². The summed E-state index contributed by atoms with van der Waals surface area (Å²) in [5.41, 5.74) is -0.390. The third-order valence-corrected chi connectivity index (χ3v) is 7.84. The van der Waals surface area contributed by atoms with Crippen LogP contribution in [-0.4, -0.2) is 45.0 Å². The molecule has 1 saturated carbocycles. The molecule has 2 N–H and O–H groups in total. The van der Waals surface area contributed by atoms with Gasteiger partial charge in [0.2, 0.25) is 0 Å². The van der Waals surface area contributed by atoms with Gasteiger partial charge in [-0.3, -0.25) is 4.99 Å². The normalized spacial score (nSPS) is 23.9. The molecule has 30 heavy (non-hydrogen) atoms. The maximum absolute atomic E-state index is 13.3. The van der Waals surface area contributed by atoms with Gasteiger partial charge in [-0.1, -0.05) is 37.5 Å². The summed E-state index contributed by atoms with van der Waals surface area (Å²) in [5.74, 6) is 0.769. The molecule has 0 radical (unpaired) electrons. The molecule has 5 nitrogen and oxygen atoms in total. The second kappa shape index (κ2) is 9.16. The number of benzene rings is 1. The van der Waals surface area contributed by atoms with Crippen LogP contribution in [0, 0.1) is 0 Å². The van der Waals surface area contributed by atoms with Gasteiger partial charge in [-0.25, -0.2) is 8.42 Å². The second-order valence-corrected chi connectivity index (χ2v) is 10.6. The zero-order valence-electron chi connectivity index (χ0n) is 17.3. The number of nitrogens with zero attached hydrogens (tertiary/aromatic N) is 1. The fraction of sp³-hybridized carbons (Fsp3) is 0.667. The lowest BCUT2D eigenvalue weighted by Gasteiger charge is -2.37. The minimum Gasteiger partial charge on any atom is -0.357 e. The zero-order valence-corrected chi connectivity index (χ0v) is 18.1. The third kappa shape index (κ3) is 5.68. The molecule has 1 aliphatic heterocycles. The number of guanidine groups is 1. The first kappa shape index (κ1) is 22.9. The number of hydrogen-bond acceptors (Lipinski definition) is 3. The number of hydrogen-bond donors (Lipinski definition) is 2. The molecule has 0 amide bonds. The lowest BCUT2D eigenvalue weighted by Crippen LogP contribution is -2.45. The van der Waals surface area contributed by atoms with Crippen molar-refractivity contribution < 1.29 is 21.6 Å². The van der Waals surface area contributed by atoms with E-state index in [1.807, 2.05) is 6.92 Å². The third-order valence-electron chi connectivity index (χ3n) is 6.07. The maximum atomic E-state index is 13.3. The highest BCUT2D eigenvalue weighted by Crippen LogP contribution is 2.41. The highest BCUT2D eigenvalue weighted by molar-refractivity contribution is 7.91. The van der Waals surface area contributed by atoms with Gasteiger partial charge in [0.25, 0.3) is 0 Å². The smallest absolute Gasteiger partial charge is 0.357 e. The van der Waals surface area contributed by atoms with E-state index in [9.17, 15) is 21.6 Å². The largest absolute Gasteiger partial charge is 0.416 e. The van der Waals surface area contributed by atoms with Crippen molar-refractivity contribution in [2.45, 2.75) is 63.1 Å². The molecule has 1 heterocycles. The Labute approximate surface area is 176 Å². The Balaban J connectivity index is 1.84. The molecule has 168 valence electrons. The first-order valence-corrected chi connectivity index (χ1v) is 12.4. The molecule has 1 unspecified atom stereocenters. The lowest BCUT2D eigenvalue weighted by molar-refractivity contribution is -0.137. The van der Waals surface area contributed by atoms with E-state index in [2.05, 4.69) is 10.6 Å². The Morgan fingerprint density at radius 2 is 1.97 bits per heavy atom. The fourth-order valence-electron chi connectivity index (χ4n) is 4.44. The van der Waals surface area contributed by atoms with E-state index in [1.165, 1.54) is 12.1 Å². The van der Waals surface area contributed by atoms with E-state index in [0.29, 0.717) is 31.0 Å². The summed E-state index contributed by atoms with van der Waals surface area (Å²) in [6.45, 7) is 2.90. The summed E-state index contributed by atoms with van der Waals surface area (Å²) < 4.78 is 63.3. The van der Waals surface area contributed by atoms with Gasteiger partial charge in [-0.15, -0.1) is 0 Å². The summed E-state index contributed by atoms with van der Waals surface area (Å²) in [4.78, 5) is 4.71. The molecule has 2 fully saturated rings. The summed E-state index contributed by atoms with van der Waals surface area (Å²) >= 11 is 0. The topological polar surface area (TPSA) is 70.6 Å². The first-order valence-electron chi connectivity index (χ1n) is 10.6. The van der Waals surface area contributed by atoms with Gasteiger partial charge in [-0.05, 0) is 37.8 Å². The fourth-order valence-corrected chi connectivity index (χ4v) is 6.12. The van der Waals surface area contributed by atoms with Crippen LogP contribution in [0.25, 0.3) is 0 Å². The molecular weight excluding hydrogens is 415 g/mol. The molecule has 9 heteroatoms. The van der Waals surface area contributed by atoms with Crippen LogP contribution >= 0.6 is 0 Å². The van der Waals surface area contributed by atoms with Crippen LogP contribution in [-0.2, 0) is 21.4 Å². The predicted molar refractivity (Wildman–Crippen MR) is 112 cm³/mol. The summed E-state index contributed by atoms with van der Waals surface area (Å²) in [6, 6.07) is 5.44. The van der Waals surface area contributed by atoms with Crippen LogP contribution in [0.5, 0.6) is 0 Å². The highest BCUT2D eigenvalue weighted by Gasteiger charge is 2.37. The minimum atomic E-state index is -4.38. The van der Waals surface area contributed by atoms with Crippen molar-refractivity contribution in [1.82, 2.24) is 10.6 Å². The highest BCUT2D eigenvalue weighted by atomic mass is 32.2. The average molecular weight is 446 g/mol. The standard InChI is InChI=1S/C21H30F3N3O2S/c1-2-25-19(27-18-9-12-30(28,29)14-18)26-15-20(10-4-3-5-11-20)16-7-6-8-17(13-16)21(22,23)24/h6-8,13,18H,2-5,9-12,14-15H2,1H3,(H2,25,26,27). The van der Waals surface area contributed by atoms with Crippen molar-refractivity contribution in [3.05, 3.63) is 35.4 Å². The average Bonchev–Trinajstić information content (AvgIpc) is 3.05. The van der Waals surface area contributed by atoms with Crippen LogP contribution in [0.1, 0.15) is 56.6 Å². The molecule has 1 aliphatic carbocycles. The van der Waals surface area contributed by atoms with Crippen molar-refractivity contribution in [3.8, 4) is 0 Å². The van der Waals surface area contributed by atoms with Crippen molar-refractivity contribution in [2.24, 2.45) is 4.99 Å². The zero-order chi connectivity index (χ0) is 21.8. The number of rotatable bonds is 5. The number of aliphatic imine (C=N–C) groups is 1. The van der Waals surface area contributed by atoms with Gasteiger partial charge in [0.1, 0.15) is 0 Å². The van der Waals surface area contributed by atoms with E-state index in [4.69, 9.17) is 4.99 Å². The Hall–Kier alpha value is -1.77. The number of halogens is 3. The Morgan fingerprint density at radius 3 is 2.57 bits per heavy atom. The first-order chi connectivity index (χ1) is 14.1. The van der Waals surface area contributed by atoms with Crippen molar-refractivity contribution in [2.75, 3.05) is 24.6 Å². The Kier molecular flexibility index (Phi) is 6.99. The molecule has 1 atom stereocenters. The van der Waals surface area contributed by atoms with Gasteiger partial charge in [0, 0.05) is 18.0 Å². The van der Waals surface area contributed by atoms with E-state index >= 15 is 0 Å². The summed E-state index contributed by atoms with van der Waals surface area (Å²) in [6.07, 6.45) is 0.713. The Morgan fingerprint density at radius 1 is 1.23 bits per heavy atom. The second-order valence-electron chi connectivity index (χ2n) is 8.36. The summed E-state index contributed by atoms with van der Waals surface area (Å²) in [5, 5.41) is 6.34. The minimum absolute atomic E-state index is 0.0795. The predicted octanol–water partition coefficient (Wildman–Crippen LogP) is 3.65. The maximum Gasteiger partial charge on any atom is 0.416 e. The van der Waals surface area contributed by atoms with Gasteiger partial charge < -0.3 is 10.6 Å². The number of alkyl halides is 3.